The maximum absolute atomic E-state index is 6.26. The molecule has 0 unspecified atom stereocenters. The van der Waals surface area contributed by atoms with Crippen molar-refractivity contribution in [1.82, 2.24) is 0 Å². The summed E-state index contributed by atoms with van der Waals surface area (Å²) < 4.78 is 0. The Bertz CT molecular complexity index is 2890. The van der Waals surface area contributed by atoms with Crippen molar-refractivity contribution < 1.29 is 0 Å². The molecule has 9 aromatic rings. The zero-order chi connectivity index (χ0) is 37.1. The third kappa shape index (κ3) is 4.81. The van der Waals surface area contributed by atoms with Gasteiger partial charge in [0.2, 0.25) is 0 Å². The first-order chi connectivity index (χ1) is 27.1. The molecule has 0 fully saturated rings. The molecule has 9 aromatic carbocycles. The van der Waals surface area contributed by atoms with E-state index in [0.717, 1.165) is 17.1 Å². The molecule has 0 saturated heterocycles. The van der Waals surface area contributed by atoms with Gasteiger partial charge in [0.1, 0.15) is 0 Å². The molecule has 0 saturated carbocycles. The second kappa shape index (κ2) is 13.0. The van der Waals surface area contributed by atoms with Crippen LogP contribution in [0.2, 0.25) is 0 Å². The molecule has 0 amide bonds. The van der Waals surface area contributed by atoms with Crippen molar-refractivity contribution in [2.45, 2.75) is 32.1 Å². The van der Waals surface area contributed by atoms with Gasteiger partial charge in [-0.15, -0.1) is 0 Å². The average molecular weight is 707 g/mol. The molecule has 0 radical (unpaired) electrons. The van der Waals surface area contributed by atoms with E-state index in [0.29, 0.717) is 0 Å². The van der Waals surface area contributed by atoms with Crippen molar-refractivity contribution in [2.75, 3.05) is 11.1 Å². The molecular formula is C53H42N2. The summed E-state index contributed by atoms with van der Waals surface area (Å²) in [5.74, 6) is 0. The molecule has 2 aliphatic rings. The maximum atomic E-state index is 6.26. The summed E-state index contributed by atoms with van der Waals surface area (Å²) in [5.41, 5.74) is 21.6. The number of para-hydroxylation sites is 2. The Morgan fingerprint density at radius 1 is 0.436 bits per heavy atom. The van der Waals surface area contributed by atoms with E-state index < -0.39 is 5.41 Å². The monoisotopic (exact) mass is 706 g/mol. The van der Waals surface area contributed by atoms with Gasteiger partial charge >= 0.3 is 0 Å². The van der Waals surface area contributed by atoms with Crippen LogP contribution in [0.4, 0.5) is 17.1 Å². The first kappa shape index (κ1) is 33.0. The quantitative estimate of drug-likeness (QED) is 0.141. The van der Waals surface area contributed by atoms with Crippen LogP contribution in [-0.2, 0) is 5.41 Å². The number of anilines is 3. The van der Waals surface area contributed by atoms with Crippen LogP contribution in [0.3, 0.4) is 0 Å². The summed E-state index contributed by atoms with van der Waals surface area (Å²) in [6.45, 7) is 4.36. The van der Waals surface area contributed by atoms with E-state index in [1.54, 1.807) is 0 Å². The Labute approximate surface area is 322 Å². The lowest BCUT2D eigenvalue weighted by Gasteiger charge is -2.33. The van der Waals surface area contributed by atoms with Crippen LogP contribution in [0.5, 0.6) is 0 Å². The molecule has 264 valence electrons. The zero-order valence-corrected chi connectivity index (χ0v) is 31.2. The summed E-state index contributed by atoms with van der Waals surface area (Å²) >= 11 is 0. The Hall–Kier alpha value is -6.64. The molecule has 11 rings (SSSR count). The van der Waals surface area contributed by atoms with Crippen LogP contribution >= 0.6 is 0 Å². The van der Waals surface area contributed by atoms with Gasteiger partial charge in [0, 0.05) is 5.69 Å². The molecule has 55 heavy (non-hydrogen) atoms. The topological polar surface area (TPSA) is 38.0 Å². The van der Waals surface area contributed by atoms with E-state index in [-0.39, 0.29) is 0 Å². The van der Waals surface area contributed by atoms with Crippen molar-refractivity contribution in [1.29, 1.82) is 0 Å². The van der Waals surface area contributed by atoms with Gasteiger partial charge in [0.25, 0.3) is 0 Å². The number of rotatable bonds is 4. The number of nitrogens with one attached hydrogen (secondary N) is 1. The lowest BCUT2D eigenvalue weighted by Crippen LogP contribution is -2.26. The Morgan fingerprint density at radius 2 is 0.927 bits per heavy atom. The highest BCUT2D eigenvalue weighted by Gasteiger charge is 2.54. The summed E-state index contributed by atoms with van der Waals surface area (Å²) in [4.78, 5) is 0. The second-order valence-corrected chi connectivity index (χ2v) is 14.9. The molecule has 0 atom stereocenters. The first-order valence-corrected chi connectivity index (χ1v) is 19.6. The highest BCUT2D eigenvalue weighted by Crippen LogP contribution is 2.67. The number of benzene rings is 9. The normalized spacial score (nSPS) is 12.9. The maximum Gasteiger partial charge on any atom is 0.0737 e. The third-order valence-corrected chi connectivity index (χ3v) is 11.9. The van der Waals surface area contributed by atoms with Crippen molar-refractivity contribution in [3.8, 4) is 33.4 Å². The van der Waals surface area contributed by atoms with E-state index >= 15 is 0 Å². The number of nitrogens with two attached hydrogens (primary N) is 1. The van der Waals surface area contributed by atoms with E-state index in [2.05, 4.69) is 171 Å². The highest BCUT2D eigenvalue weighted by atomic mass is 14.9. The van der Waals surface area contributed by atoms with Crippen molar-refractivity contribution in [2.24, 2.45) is 0 Å². The minimum absolute atomic E-state index is 0.483. The van der Waals surface area contributed by atoms with Crippen molar-refractivity contribution in [3.63, 3.8) is 0 Å². The van der Waals surface area contributed by atoms with Gasteiger partial charge in [-0.05, 0) is 118 Å². The largest absolute Gasteiger partial charge is 0.397 e. The average Bonchev–Trinajstić information content (AvgIpc) is 3.72. The standard InChI is InChI=1S/C49H32N2.C4H10/c50-44-23-11-12-24-45(44)51-31-27-25-30(26-28-31)40-29-41-46-37-18-4-1-13-32(37)33-14-2-6-20-39(33)48(46)49(47(41)38-19-5-3-15-34(38)40)42-21-9-7-16-35(42)36-17-8-10-22-43(36)49;1-3-4-2/h1-29,51H,50H2;3-4H2,1-2H3. The molecule has 1 spiro atoms. The smallest absolute Gasteiger partial charge is 0.0737 e. The number of hydrogen-bond acceptors (Lipinski definition) is 2. The molecule has 3 N–H and O–H groups in total. The zero-order valence-electron chi connectivity index (χ0n) is 31.2. The van der Waals surface area contributed by atoms with Crippen molar-refractivity contribution >= 4 is 49.4 Å². The fourth-order valence-corrected chi connectivity index (χ4v) is 9.42. The summed E-state index contributed by atoms with van der Waals surface area (Å²) in [5, 5.41) is 11.3. The van der Waals surface area contributed by atoms with E-state index in [9.17, 15) is 0 Å². The second-order valence-electron chi connectivity index (χ2n) is 14.9. The molecular weight excluding hydrogens is 665 g/mol. The van der Waals surface area contributed by atoms with Gasteiger partial charge in [-0.2, -0.15) is 0 Å². The number of hydrogen-bond donors (Lipinski definition) is 2. The van der Waals surface area contributed by atoms with Crippen LogP contribution in [0.15, 0.2) is 176 Å². The minimum atomic E-state index is -0.483. The fourth-order valence-electron chi connectivity index (χ4n) is 9.42. The van der Waals surface area contributed by atoms with Crippen LogP contribution in [0.1, 0.15) is 48.9 Å². The molecule has 0 heterocycles. The van der Waals surface area contributed by atoms with Gasteiger partial charge < -0.3 is 11.1 Å². The van der Waals surface area contributed by atoms with Gasteiger partial charge in [0.15, 0.2) is 0 Å². The lowest BCUT2D eigenvalue weighted by molar-refractivity contribution is 0.809. The fraction of sp³-hybridized carbons (Fsp3) is 0.0943. The van der Waals surface area contributed by atoms with Gasteiger partial charge in [-0.1, -0.05) is 172 Å². The molecule has 2 heteroatoms. The Balaban J connectivity index is 0.000000891. The van der Waals surface area contributed by atoms with E-state index in [1.807, 2.05) is 24.3 Å². The molecule has 0 aromatic heterocycles. The predicted octanol–water partition coefficient (Wildman–Crippen LogP) is 14.3. The summed E-state index contributed by atoms with van der Waals surface area (Å²) in [6.07, 6.45) is 2.64. The third-order valence-electron chi connectivity index (χ3n) is 11.9. The molecule has 2 nitrogen and oxygen atoms in total. The first-order valence-electron chi connectivity index (χ1n) is 19.6. The van der Waals surface area contributed by atoms with Gasteiger partial charge in [-0.25, -0.2) is 0 Å². The number of nitrogen functional groups attached to an aromatic ring is 1. The minimum Gasteiger partial charge on any atom is -0.397 e. The van der Waals surface area contributed by atoms with Crippen molar-refractivity contribution in [3.05, 3.63) is 198 Å². The van der Waals surface area contributed by atoms with E-state index in [4.69, 9.17) is 5.73 Å². The van der Waals surface area contributed by atoms with E-state index in [1.165, 1.54) is 101 Å². The Kier molecular flexibility index (Phi) is 7.81. The lowest BCUT2D eigenvalue weighted by atomic mass is 9.68. The van der Waals surface area contributed by atoms with Crippen LogP contribution in [0.25, 0.3) is 65.7 Å². The van der Waals surface area contributed by atoms with Gasteiger partial charge in [0.05, 0.1) is 16.8 Å². The molecule has 2 aliphatic carbocycles. The summed E-state index contributed by atoms with van der Waals surface area (Å²) in [7, 11) is 0. The predicted molar refractivity (Wildman–Crippen MR) is 235 cm³/mol. The van der Waals surface area contributed by atoms with Crippen LogP contribution < -0.4 is 11.1 Å². The van der Waals surface area contributed by atoms with Crippen LogP contribution in [-0.4, -0.2) is 0 Å². The Morgan fingerprint density at radius 3 is 1.55 bits per heavy atom. The highest BCUT2D eigenvalue weighted by molar-refractivity contribution is 6.22. The molecule has 0 aliphatic heterocycles. The van der Waals surface area contributed by atoms with Crippen LogP contribution in [0, 0.1) is 0 Å². The SMILES string of the molecule is CCCC.Nc1ccccc1Nc1ccc(-c2cc3c(c4ccccc24)C2(c4ccccc4-c4ccccc42)c2c-3c3ccccc3c3ccccc23)cc1. The summed E-state index contributed by atoms with van der Waals surface area (Å²) in [6, 6.07) is 64.5. The number of unbranched alkanes of at least 4 members (excludes halogenated alkanes) is 1. The number of fused-ring (bicyclic) bond motifs is 17. The van der Waals surface area contributed by atoms with Gasteiger partial charge in [-0.3, -0.25) is 0 Å². The molecule has 0 bridgehead atoms.